The van der Waals surface area contributed by atoms with Gasteiger partial charge in [0.1, 0.15) is 0 Å². The molecule has 0 atom stereocenters. The highest BCUT2D eigenvalue weighted by Gasteiger charge is 2.23. The van der Waals surface area contributed by atoms with Gasteiger partial charge in [0.2, 0.25) is 5.78 Å². The molecule has 8 aromatic rings. The van der Waals surface area contributed by atoms with Gasteiger partial charge in [0, 0.05) is 10.8 Å². The molecule has 0 saturated heterocycles. The van der Waals surface area contributed by atoms with Crippen molar-refractivity contribution in [2.45, 2.75) is 13.8 Å². The molecule has 5 aromatic carbocycles. The van der Waals surface area contributed by atoms with E-state index >= 15 is 0 Å². The van der Waals surface area contributed by atoms with Crippen LogP contribution in [0.1, 0.15) is 16.7 Å². The maximum Gasteiger partial charge on any atom is 0.220 e. The van der Waals surface area contributed by atoms with Crippen LogP contribution in [0.2, 0.25) is 0 Å². The SMILES string of the molecule is Cc1cc(C#N)cc(C)c1-c1cc2c3cc4ccccc4cc3n3c2c(c1)n1c2ccccc2nc13. The van der Waals surface area contributed by atoms with E-state index < -0.39 is 0 Å². The molecule has 0 radical (unpaired) electrons. The van der Waals surface area contributed by atoms with Gasteiger partial charge in [-0.15, -0.1) is 0 Å². The van der Waals surface area contributed by atoms with Gasteiger partial charge in [0.25, 0.3) is 0 Å². The second-order valence-corrected chi connectivity index (χ2v) is 9.78. The second kappa shape index (κ2) is 6.62. The molecule has 0 fully saturated rings. The summed E-state index contributed by atoms with van der Waals surface area (Å²) in [5.41, 5.74) is 10.9. The van der Waals surface area contributed by atoms with Gasteiger partial charge < -0.3 is 0 Å². The number of aryl methyl sites for hydroxylation is 2. The molecular formula is C32H20N4. The van der Waals surface area contributed by atoms with Crippen LogP contribution in [0.5, 0.6) is 0 Å². The Balaban J connectivity index is 1.63. The van der Waals surface area contributed by atoms with Crippen LogP contribution < -0.4 is 0 Å². The molecule has 8 rings (SSSR count). The number of imidazole rings is 2. The minimum Gasteiger partial charge on any atom is -0.277 e. The largest absolute Gasteiger partial charge is 0.277 e. The molecule has 0 aliphatic heterocycles. The zero-order valence-corrected chi connectivity index (χ0v) is 19.9. The standard InChI is InChI=1S/C32H20N4/c1-18-11-20(17-33)12-19(2)30(18)23-14-25-24-13-21-7-3-4-8-22(21)15-28(24)36-31(25)29(16-23)35-27-10-6-5-9-26(27)34-32(35)36/h3-16H,1-2H3. The van der Waals surface area contributed by atoms with Crippen molar-refractivity contribution < 1.29 is 0 Å². The smallest absolute Gasteiger partial charge is 0.220 e. The Kier molecular flexibility index (Phi) is 3.57. The van der Waals surface area contributed by atoms with Gasteiger partial charge in [0.05, 0.1) is 39.2 Å². The molecule has 4 heteroatoms. The Morgan fingerprint density at radius 3 is 2.19 bits per heavy atom. The summed E-state index contributed by atoms with van der Waals surface area (Å²) in [6.45, 7) is 4.20. The van der Waals surface area contributed by atoms with E-state index in [1.54, 1.807) is 0 Å². The number of para-hydroxylation sites is 2. The molecule has 3 aromatic heterocycles. The minimum atomic E-state index is 0.699. The lowest BCUT2D eigenvalue weighted by atomic mass is 9.92. The van der Waals surface area contributed by atoms with Gasteiger partial charge in [-0.3, -0.25) is 8.80 Å². The van der Waals surface area contributed by atoms with Crippen LogP contribution in [-0.2, 0) is 0 Å². The highest BCUT2D eigenvalue weighted by atomic mass is 15.2. The normalized spacial score (nSPS) is 12.1. The van der Waals surface area contributed by atoms with Crippen molar-refractivity contribution in [1.29, 1.82) is 5.26 Å². The van der Waals surface area contributed by atoms with Crippen molar-refractivity contribution in [3.8, 4) is 17.2 Å². The Bertz CT molecular complexity index is 2210. The first-order valence-electron chi connectivity index (χ1n) is 12.1. The zero-order chi connectivity index (χ0) is 24.1. The number of nitrogens with zero attached hydrogens (tertiary/aromatic N) is 4. The predicted molar refractivity (Wildman–Crippen MR) is 147 cm³/mol. The van der Waals surface area contributed by atoms with E-state index in [2.05, 4.69) is 95.4 Å². The van der Waals surface area contributed by atoms with Crippen molar-refractivity contribution in [3.05, 3.63) is 102 Å². The van der Waals surface area contributed by atoms with Crippen LogP contribution in [0, 0.1) is 25.2 Å². The average Bonchev–Trinajstić information content (AvgIpc) is 3.52. The van der Waals surface area contributed by atoms with E-state index in [4.69, 9.17) is 4.98 Å². The second-order valence-electron chi connectivity index (χ2n) is 9.78. The average molecular weight is 461 g/mol. The zero-order valence-electron chi connectivity index (χ0n) is 19.9. The number of fused-ring (bicyclic) bond motifs is 9. The lowest BCUT2D eigenvalue weighted by Gasteiger charge is -2.12. The third-order valence-electron chi connectivity index (χ3n) is 7.64. The van der Waals surface area contributed by atoms with Gasteiger partial charge in [-0.2, -0.15) is 5.26 Å². The van der Waals surface area contributed by atoms with Crippen LogP contribution in [0.15, 0.2) is 84.9 Å². The summed E-state index contributed by atoms with van der Waals surface area (Å²) < 4.78 is 4.62. The third-order valence-corrected chi connectivity index (χ3v) is 7.64. The van der Waals surface area contributed by atoms with Crippen LogP contribution in [-0.4, -0.2) is 13.8 Å². The maximum atomic E-state index is 9.48. The van der Waals surface area contributed by atoms with Crippen LogP contribution in [0.3, 0.4) is 0 Å². The van der Waals surface area contributed by atoms with Crippen LogP contribution in [0.25, 0.3) is 66.0 Å². The van der Waals surface area contributed by atoms with Crippen LogP contribution in [0.4, 0.5) is 0 Å². The summed E-state index contributed by atoms with van der Waals surface area (Å²) in [5.74, 6) is 0.937. The lowest BCUT2D eigenvalue weighted by molar-refractivity contribution is 1.22. The first kappa shape index (κ1) is 19.4. The quantitative estimate of drug-likeness (QED) is 0.251. The Labute approximate surface area is 206 Å². The van der Waals surface area contributed by atoms with E-state index in [-0.39, 0.29) is 0 Å². The topological polar surface area (TPSA) is 45.5 Å². The molecule has 0 aliphatic carbocycles. The van der Waals surface area contributed by atoms with Crippen LogP contribution >= 0.6 is 0 Å². The molecular weight excluding hydrogens is 440 g/mol. The molecule has 4 nitrogen and oxygen atoms in total. The molecule has 0 spiro atoms. The highest BCUT2D eigenvalue weighted by molar-refractivity contribution is 6.19. The number of benzene rings is 5. The summed E-state index contributed by atoms with van der Waals surface area (Å²) in [4.78, 5) is 5.09. The molecule has 0 aliphatic rings. The molecule has 0 N–H and O–H groups in total. The molecule has 0 saturated carbocycles. The fraction of sp³-hybridized carbons (Fsp3) is 0.0625. The molecule has 3 heterocycles. The van der Waals surface area contributed by atoms with Gasteiger partial charge in [-0.25, -0.2) is 4.98 Å². The molecule has 168 valence electrons. The van der Waals surface area contributed by atoms with Gasteiger partial charge in [-0.1, -0.05) is 36.4 Å². The van der Waals surface area contributed by atoms with Gasteiger partial charge in [0.15, 0.2) is 0 Å². The molecule has 0 amide bonds. The van der Waals surface area contributed by atoms with E-state index in [1.807, 2.05) is 18.2 Å². The fourth-order valence-corrected chi connectivity index (χ4v) is 6.22. The summed E-state index contributed by atoms with van der Waals surface area (Å²) in [6.07, 6.45) is 0. The third kappa shape index (κ3) is 2.34. The van der Waals surface area contributed by atoms with Crippen molar-refractivity contribution in [2.75, 3.05) is 0 Å². The van der Waals surface area contributed by atoms with Crippen molar-refractivity contribution in [1.82, 2.24) is 13.8 Å². The predicted octanol–water partition coefficient (Wildman–Crippen LogP) is 7.79. The number of hydrogen-bond acceptors (Lipinski definition) is 2. The Hall–Kier alpha value is -4.88. The van der Waals surface area contributed by atoms with E-state index in [0.717, 1.165) is 39.0 Å². The molecule has 36 heavy (non-hydrogen) atoms. The van der Waals surface area contributed by atoms with E-state index in [1.165, 1.54) is 38.1 Å². The highest BCUT2D eigenvalue weighted by Crippen LogP contribution is 2.41. The van der Waals surface area contributed by atoms with Gasteiger partial charge in [-0.05, 0) is 95.4 Å². The van der Waals surface area contributed by atoms with E-state index in [0.29, 0.717) is 5.56 Å². The van der Waals surface area contributed by atoms with E-state index in [9.17, 15) is 5.26 Å². The first-order chi connectivity index (χ1) is 17.6. The fourth-order valence-electron chi connectivity index (χ4n) is 6.22. The number of aromatic nitrogens is 3. The first-order valence-corrected chi connectivity index (χ1v) is 12.1. The minimum absolute atomic E-state index is 0.699. The monoisotopic (exact) mass is 460 g/mol. The number of hydrogen-bond donors (Lipinski definition) is 0. The summed E-state index contributed by atoms with van der Waals surface area (Å²) in [6, 6.07) is 32.4. The van der Waals surface area contributed by atoms with Gasteiger partial charge >= 0.3 is 0 Å². The summed E-state index contributed by atoms with van der Waals surface area (Å²) in [7, 11) is 0. The number of rotatable bonds is 1. The van der Waals surface area contributed by atoms with Crippen molar-refractivity contribution in [2.24, 2.45) is 0 Å². The summed E-state index contributed by atoms with van der Waals surface area (Å²) >= 11 is 0. The maximum absolute atomic E-state index is 9.48. The Morgan fingerprint density at radius 2 is 1.42 bits per heavy atom. The summed E-state index contributed by atoms with van der Waals surface area (Å²) in [5, 5.41) is 14.4. The lowest BCUT2D eigenvalue weighted by Crippen LogP contribution is -1.91. The molecule has 0 bridgehead atoms. The Morgan fingerprint density at radius 1 is 0.694 bits per heavy atom. The number of nitriles is 1. The molecule has 0 unspecified atom stereocenters. The van der Waals surface area contributed by atoms with Crippen molar-refractivity contribution >= 4 is 54.9 Å². The van der Waals surface area contributed by atoms with Crippen molar-refractivity contribution in [3.63, 3.8) is 0 Å².